The highest BCUT2D eigenvalue weighted by Crippen LogP contribution is 2.29. The maximum atomic E-state index is 12.4. The largest absolute Gasteiger partial charge is 0.497 e. The summed E-state index contributed by atoms with van der Waals surface area (Å²) >= 11 is 9.37. The molecule has 1 saturated heterocycles. The molecule has 7 nitrogen and oxygen atoms in total. The summed E-state index contributed by atoms with van der Waals surface area (Å²) in [4.78, 5) is 38.4. The molecule has 0 spiro atoms. The molecule has 9 heteroatoms. The third-order valence-electron chi connectivity index (χ3n) is 4.73. The van der Waals surface area contributed by atoms with Gasteiger partial charge in [0, 0.05) is 28.8 Å². The fourth-order valence-corrected chi connectivity index (χ4v) is 3.72. The number of halogens is 2. The van der Waals surface area contributed by atoms with Crippen LogP contribution in [0, 0.1) is 12.8 Å². The molecule has 0 bridgehead atoms. The molecule has 1 N–H and O–H groups in total. The summed E-state index contributed by atoms with van der Waals surface area (Å²) in [6.07, 6.45) is 0.0356. The van der Waals surface area contributed by atoms with Crippen molar-refractivity contribution in [1.29, 1.82) is 0 Å². The van der Waals surface area contributed by atoms with E-state index < -0.39 is 24.4 Å². The van der Waals surface area contributed by atoms with Crippen molar-refractivity contribution in [1.82, 2.24) is 0 Å². The van der Waals surface area contributed by atoms with Gasteiger partial charge in [-0.25, -0.2) is 0 Å². The van der Waals surface area contributed by atoms with Gasteiger partial charge in [-0.1, -0.05) is 11.6 Å². The van der Waals surface area contributed by atoms with Crippen LogP contribution >= 0.6 is 27.5 Å². The topological polar surface area (TPSA) is 84.9 Å². The minimum Gasteiger partial charge on any atom is -0.497 e. The number of esters is 1. The summed E-state index contributed by atoms with van der Waals surface area (Å²) < 4.78 is 11.0. The zero-order valence-corrected chi connectivity index (χ0v) is 18.7. The number of amides is 2. The maximum absolute atomic E-state index is 12.4. The van der Waals surface area contributed by atoms with Gasteiger partial charge in [0.2, 0.25) is 5.91 Å². The lowest BCUT2D eigenvalue weighted by molar-refractivity contribution is -0.151. The lowest BCUT2D eigenvalue weighted by Crippen LogP contribution is -2.28. The van der Waals surface area contributed by atoms with Crippen LogP contribution in [-0.4, -0.2) is 38.0 Å². The Morgan fingerprint density at radius 1 is 1.27 bits per heavy atom. The molecule has 0 aromatic heterocycles. The Kier molecular flexibility index (Phi) is 6.99. The van der Waals surface area contributed by atoms with Crippen molar-refractivity contribution in [2.75, 3.05) is 30.5 Å². The number of anilines is 2. The zero-order chi connectivity index (χ0) is 21.8. The van der Waals surface area contributed by atoms with Crippen molar-refractivity contribution in [2.24, 2.45) is 5.92 Å². The fraction of sp³-hybridized carbons (Fsp3) is 0.286. The molecule has 1 aliphatic rings. The van der Waals surface area contributed by atoms with Gasteiger partial charge >= 0.3 is 5.97 Å². The molecule has 2 aromatic rings. The minimum absolute atomic E-state index is 0.0356. The number of hydrogen-bond donors (Lipinski definition) is 1. The molecule has 1 heterocycles. The van der Waals surface area contributed by atoms with E-state index in [1.54, 1.807) is 43.5 Å². The van der Waals surface area contributed by atoms with E-state index >= 15 is 0 Å². The molecule has 2 aromatic carbocycles. The molecule has 0 unspecified atom stereocenters. The Hall–Kier alpha value is -2.58. The lowest BCUT2D eigenvalue weighted by atomic mass is 10.1. The van der Waals surface area contributed by atoms with Gasteiger partial charge in [-0.05, 0) is 64.8 Å². The van der Waals surface area contributed by atoms with Crippen LogP contribution in [0.25, 0.3) is 0 Å². The summed E-state index contributed by atoms with van der Waals surface area (Å²) in [5.74, 6) is -1.20. The highest BCUT2D eigenvalue weighted by Gasteiger charge is 2.36. The fourth-order valence-electron chi connectivity index (χ4n) is 3.10. The van der Waals surface area contributed by atoms with Crippen LogP contribution in [0.15, 0.2) is 40.9 Å². The summed E-state index contributed by atoms with van der Waals surface area (Å²) in [6.45, 7) is 1.58. The molecular formula is C21H20BrClN2O5. The predicted molar refractivity (Wildman–Crippen MR) is 117 cm³/mol. The van der Waals surface area contributed by atoms with E-state index in [0.717, 1.165) is 10.0 Å². The third-order valence-corrected chi connectivity index (χ3v) is 5.93. The Bertz CT molecular complexity index is 980. The number of nitrogens with zero attached hydrogens (tertiary/aromatic N) is 1. The second kappa shape index (κ2) is 9.49. The highest BCUT2D eigenvalue weighted by molar-refractivity contribution is 9.10. The highest BCUT2D eigenvalue weighted by atomic mass is 79.9. The van der Waals surface area contributed by atoms with Crippen molar-refractivity contribution in [3.8, 4) is 5.75 Å². The number of nitrogens with one attached hydrogen (secondary N) is 1. The monoisotopic (exact) mass is 494 g/mol. The van der Waals surface area contributed by atoms with Crippen molar-refractivity contribution < 1.29 is 23.9 Å². The minimum atomic E-state index is -0.628. The lowest BCUT2D eigenvalue weighted by Gasteiger charge is -2.17. The first-order valence-corrected chi connectivity index (χ1v) is 10.3. The normalized spacial score (nSPS) is 15.8. The Labute approximate surface area is 187 Å². The molecular weight excluding hydrogens is 476 g/mol. The van der Waals surface area contributed by atoms with Gasteiger partial charge in [-0.3, -0.25) is 14.4 Å². The predicted octanol–water partition coefficient (Wildman–Crippen LogP) is 3.95. The van der Waals surface area contributed by atoms with Crippen LogP contribution in [0.2, 0.25) is 5.02 Å². The smallest absolute Gasteiger partial charge is 0.311 e. The van der Waals surface area contributed by atoms with E-state index in [1.807, 2.05) is 6.92 Å². The Morgan fingerprint density at radius 2 is 1.97 bits per heavy atom. The van der Waals surface area contributed by atoms with Crippen LogP contribution < -0.4 is 15.0 Å². The summed E-state index contributed by atoms with van der Waals surface area (Å²) in [6, 6.07) is 10.4. The van der Waals surface area contributed by atoms with Crippen LogP contribution in [-0.2, 0) is 19.1 Å². The van der Waals surface area contributed by atoms with Crippen LogP contribution in [0.3, 0.4) is 0 Å². The van der Waals surface area contributed by atoms with Crippen molar-refractivity contribution in [2.45, 2.75) is 13.3 Å². The zero-order valence-electron chi connectivity index (χ0n) is 16.4. The van der Waals surface area contributed by atoms with Gasteiger partial charge in [0.1, 0.15) is 5.75 Å². The molecule has 1 fully saturated rings. The average molecular weight is 496 g/mol. The van der Waals surface area contributed by atoms with Crippen molar-refractivity contribution in [3.63, 3.8) is 0 Å². The first-order valence-electron chi connectivity index (χ1n) is 9.15. The molecule has 2 amide bonds. The molecule has 3 rings (SSSR count). The number of carbonyl (C=O) groups excluding carboxylic acids is 3. The van der Waals surface area contributed by atoms with Gasteiger partial charge in [0.05, 0.1) is 18.1 Å². The maximum Gasteiger partial charge on any atom is 0.311 e. The summed E-state index contributed by atoms with van der Waals surface area (Å²) in [7, 11) is 1.56. The molecule has 0 aliphatic carbocycles. The number of ether oxygens (including phenoxy) is 2. The van der Waals surface area contributed by atoms with E-state index in [2.05, 4.69) is 21.2 Å². The number of benzene rings is 2. The van der Waals surface area contributed by atoms with E-state index in [0.29, 0.717) is 22.1 Å². The number of methoxy groups -OCH3 is 1. The molecule has 30 heavy (non-hydrogen) atoms. The van der Waals surface area contributed by atoms with Gasteiger partial charge < -0.3 is 19.7 Å². The van der Waals surface area contributed by atoms with E-state index in [9.17, 15) is 14.4 Å². The standard InChI is InChI=1S/C21H20BrClN2O5/c1-12-7-16(22)17(23)9-18(12)24-19(26)11-30-21(28)13-8-20(27)25(10-13)14-3-5-15(29-2)6-4-14/h3-7,9,13H,8,10-11H2,1-2H3,(H,24,26)/t13-/m0/s1. The summed E-state index contributed by atoms with van der Waals surface area (Å²) in [5, 5.41) is 3.12. The number of rotatable bonds is 6. The van der Waals surface area contributed by atoms with Gasteiger partial charge in [-0.15, -0.1) is 0 Å². The Morgan fingerprint density at radius 3 is 2.63 bits per heavy atom. The molecule has 0 radical (unpaired) electrons. The number of aryl methyl sites for hydroxylation is 1. The molecule has 158 valence electrons. The number of hydrogen-bond acceptors (Lipinski definition) is 5. The second-order valence-corrected chi connectivity index (χ2v) is 8.10. The SMILES string of the molecule is COc1ccc(N2C[C@@H](C(=O)OCC(=O)Nc3cc(Cl)c(Br)cc3C)CC2=O)cc1. The van der Waals surface area contributed by atoms with Crippen molar-refractivity contribution >= 4 is 56.7 Å². The van der Waals surface area contributed by atoms with Gasteiger partial charge in [0.25, 0.3) is 5.91 Å². The summed E-state index contributed by atoms with van der Waals surface area (Å²) in [5.41, 5.74) is 2.02. The first kappa shape index (κ1) is 22.1. The third kappa shape index (κ3) is 5.12. The van der Waals surface area contributed by atoms with E-state index in [4.69, 9.17) is 21.1 Å². The van der Waals surface area contributed by atoms with E-state index in [-0.39, 0.29) is 18.9 Å². The van der Waals surface area contributed by atoms with Crippen molar-refractivity contribution in [3.05, 3.63) is 51.5 Å². The molecule has 0 saturated carbocycles. The molecule has 1 aliphatic heterocycles. The van der Waals surface area contributed by atoms with Gasteiger partial charge in [0.15, 0.2) is 6.61 Å². The van der Waals surface area contributed by atoms with Crippen LogP contribution in [0.5, 0.6) is 5.75 Å². The first-order chi connectivity index (χ1) is 14.3. The van der Waals surface area contributed by atoms with Gasteiger partial charge in [-0.2, -0.15) is 0 Å². The average Bonchev–Trinajstić information content (AvgIpc) is 3.12. The quantitative estimate of drug-likeness (QED) is 0.613. The van der Waals surface area contributed by atoms with Crippen LogP contribution in [0.4, 0.5) is 11.4 Å². The Balaban J connectivity index is 1.54. The van der Waals surface area contributed by atoms with E-state index in [1.165, 1.54) is 4.90 Å². The number of carbonyl (C=O) groups is 3. The molecule has 1 atom stereocenters. The van der Waals surface area contributed by atoms with Crippen LogP contribution in [0.1, 0.15) is 12.0 Å². The second-order valence-electron chi connectivity index (χ2n) is 6.84.